The first kappa shape index (κ1) is 14.2. The Kier molecular flexibility index (Phi) is 3.73. The van der Waals surface area contributed by atoms with Gasteiger partial charge in [-0.3, -0.25) is 0 Å². The van der Waals surface area contributed by atoms with Crippen LogP contribution in [0.4, 0.5) is 0 Å². The molecule has 1 saturated carbocycles. The second-order valence-corrected chi connectivity index (χ2v) is 7.11. The number of pyridine rings is 1. The fourth-order valence-electron chi connectivity index (χ4n) is 2.89. The van der Waals surface area contributed by atoms with Crippen molar-refractivity contribution in [3.8, 4) is 6.07 Å². The minimum Gasteiger partial charge on any atom is -0.250 e. The van der Waals surface area contributed by atoms with Crippen molar-refractivity contribution in [1.82, 2.24) is 4.98 Å². The van der Waals surface area contributed by atoms with E-state index >= 15 is 0 Å². The quantitative estimate of drug-likeness (QED) is 0.771. The van der Waals surface area contributed by atoms with Gasteiger partial charge in [-0.2, -0.15) is 5.26 Å². The molecule has 0 amide bonds. The Hall–Kier alpha value is -1.79. The maximum absolute atomic E-state index is 9.16. The van der Waals surface area contributed by atoms with Crippen LogP contribution in [0.5, 0.6) is 0 Å². The van der Waals surface area contributed by atoms with Crippen LogP contribution in [0, 0.1) is 22.7 Å². The normalized spacial score (nSPS) is 22.5. The van der Waals surface area contributed by atoms with Crippen molar-refractivity contribution in [2.45, 2.75) is 30.5 Å². The van der Waals surface area contributed by atoms with E-state index in [1.165, 1.54) is 11.1 Å². The minimum atomic E-state index is 0.0924. The maximum Gasteiger partial charge on any atom is 0.0963 e. The highest BCUT2D eigenvalue weighted by Crippen LogP contribution is 2.63. The number of rotatable bonds is 4. The van der Waals surface area contributed by atoms with E-state index in [2.05, 4.69) is 61.3 Å². The Morgan fingerprint density at radius 1 is 1.19 bits per heavy atom. The second kappa shape index (κ2) is 5.54. The van der Waals surface area contributed by atoms with Crippen molar-refractivity contribution < 1.29 is 0 Å². The first-order valence-corrected chi connectivity index (χ1v) is 8.14. The summed E-state index contributed by atoms with van der Waals surface area (Å²) in [6, 6.07) is 17.0. The molecule has 2 nitrogen and oxygen atoms in total. The van der Waals surface area contributed by atoms with E-state index in [0.717, 1.165) is 10.8 Å². The van der Waals surface area contributed by atoms with Crippen molar-refractivity contribution in [3.63, 3.8) is 0 Å². The number of aromatic nitrogens is 1. The van der Waals surface area contributed by atoms with E-state index < -0.39 is 0 Å². The molecular formula is C18H18N2S. The zero-order valence-electron chi connectivity index (χ0n) is 12.3. The molecule has 0 radical (unpaired) electrons. The van der Waals surface area contributed by atoms with Crippen molar-refractivity contribution in [2.24, 2.45) is 11.3 Å². The van der Waals surface area contributed by atoms with Gasteiger partial charge in [0.05, 0.1) is 17.0 Å². The summed E-state index contributed by atoms with van der Waals surface area (Å²) >= 11 is 1.74. The van der Waals surface area contributed by atoms with Crippen LogP contribution in [-0.2, 0) is 5.75 Å². The third kappa shape index (κ3) is 2.82. The van der Waals surface area contributed by atoms with E-state index in [-0.39, 0.29) is 11.3 Å². The van der Waals surface area contributed by atoms with E-state index in [9.17, 15) is 0 Å². The van der Waals surface area contributed by atoms with Gasteiger partial charge in [0.25, 0.3) is 0 Å². The van der Waals surface area contributed by atoms with Crippen LogP contribution in [-0.4, -0.2) is 4.98 Å². The summed E-state index contributed by atoms with van der Waals surface area (Å²) in [5, 5.41) is 10.2. The van der Waals surface area contributed by atoms with Gasteiger partial charge in [-0.25, -0.2) is 4.98 Å². The molecule has 1 heterocycles. The molecule has 0 bridgehead atoms. The summed E-state index contributed by atoms with van der Waals surface area (Å²) in [6.07, 6.45) is 1.94. The SMILES string of the molecule is CC1(C)C(C#N)C1c1ccc(SCc2ccccc2)nc1. The molecule has 0 saturated heterocycles. The zero-order valence-corrected chi connectivity index (χ0v) is 13.1. The molecule has 0 N–H and O–H groups in total. The summed E-state index contributed by atoms with van der Waals surface area (Å²) in [5.41, 5.74) is 2.59. The minimum absolute atomic E-state index is 0.0924. The Morgan fingerprint density at radius 2 is 1.95 bits per heavy atom. The molecule has 2 aromatic rings. The monoisotopic (exact) mass is 294 g/mol. The predicted octanol–water partition coefficient (Wildman–Crippen LogP) is 4.64. The number of nitriles is 1. The van der Waals surface area contributed by atoms with Gasteiger partial charge in [-0.05, 0) is 22.6 Å². The van der Waals surface area contributed by atoms with Gasteiger partial charge in [0.1, 0.15) is 0 Å². The van der Waals surface area contributed by atoms with Gasteiger partial charge < -0.3 is 0 Å². The summed E-state index contributed by atoms with van der Waals surface area (Å²) in [7, 11) is 0. The van der Waals surface area contributed by atoms with Gasteiger partial charge >= 0.3 is 0 Å². The lowest BCUT2D eigenvalue weighted by molar-refractivity contribution is 0.596. The van der Waals surface area contributed by atoms with E-state index in [0.29, 0.717) is 5.92 Å². The third-order valence-electron chi connectivity index (χ3n) is 4.31. The lowest BCUT2D eigenvalue weighted by Gasteiger charge is -2.05. The number of benzene rings is 1. The van der Waals surface area contributed by atoms with Crippen LogP contribution in [0.2, 0.25) is 0 Å². The molecule has 3 heteroatoms. The molecule has 2 unspecified atom stereocenters. The lowest BCUT2D eigenvalue weighted by Crippen LogP contribution is -1.91. The number of hydrogen-bond donors (Lipinski definition) is 0. The smallest absolute Gasteiger partial charge is 0.0963 e. The number of hydrogen-bond acceptors (Lipinski definition) is 3. The van der Waals surface area contributed by atoms with Gasteiger partial charge in [0.2, 0.25) is 0 Å². The van der Waals surface area contributed by atoms with Crippen LogP contribution in [0.25, 0.3) is 0 Å². The molecule has 0 aliphatic heterocycles. The topological polar surface area (TPSA) is 36.7 Å². The first-order chi connectivity index (χ1) is 10.1. The van der Waals surface area contributed by atoms with Gasteiger partial charge in [-0.1, -0.05) is 50.2 Å². The van der Waals surface area contributed by atoms with Gasteiger partial charge in [0.15, 0.2) is 0 Å². The summed E-state index contributed by atoms with van der Waals surface area (Å²) in [6.45, 7) is 4.31. The summed E-state index contributed by atoms with van der Waals surface area (Å²) in [5.74, 6) is 1.40. The number of nitrogens with zero attached hydrogens (tertiary/aromatic N) is 2. The van der Waals surface area contributed by atoms with Crippen molar-refractivity contribution in [3.05, 3.63) is 59.8 Å². The molecule has 106 valence electrons. The van der Waals surface area contributed by atoms with Crippen LogP contribution >= 0.6 is 11.8 Å². The van der Waals surface area contributed by atoms with Crippen LogP contribution in [0.3, 0.4) is 0 Å². The zero-order chi connectivity index (χ0) is 14.9. The highest BCUT2D eigenvalue weighted by Gasteiger charge is 2.59. The number of thioether (sulfide) groups is 1. The Bertz CT molecular complexity index is 656. The Balaban J connectivity index is 1.64. The highest BCUT2D eigenvalue weighted by molar-refractivity contribution is 7.98. The highest BCUT2D eigenvalue weighted by atomic mass is 32.2. The van der Waals surface area contributed by atoms with Crippen molar-refractivity contribution >= 4 is 11.8 Å². The average Bonchev–Trinajstić information content (AvgIpc) is 3.08. The van der Waals surface area contributed by atoms with Gasteiger partial charge in [0, 0.05) is 17.9 Å². The fraction of sp³-hybridized carbons (Fsp3) is 0.333. The average molecular weight is 294 g/mol. The lowest BCUT2D eigenvalue weighted by atomic mass is 10.1. The fourth-order valence-corrected chi connectivity index (χ4v) is 3.69. The van der Waals surface area contributed by atoms with E-state index in [1.54, 1.807) is 11.8 Å². The van der Waals surface area contributed by atoms with Crippen LogP contribution < -0.4 is 0 Å². The Morgan fingerprint density at radius 3 is 2.52 bits per heavy atom. The van der Waals surface area contributed by atoms with Crippen LogP contribution in [0.1, 0.15) is 30.9 Å². The maximum atomic E-state index is 9.16. The predicted molar refractivity (Wildman–Crippen MR) is 85.9 cm³/mol. The molecule has 21 heavy (non-hydrogen) atoms. The second-order valence-electron chi connectivity index (χ2n) is 6.11. The van der Waals surface area contributed by atoms with Crippen molar-refractivity contribution in [1.29, 1.82) is 5.26 Å². The summed E-state index contributed by atoms with van der Waals surface area (Å²) < 4.78 is 0. The molecule has 1 aliphatic rings. The molecular weight excluding hydrogens is 276 g/mol. The molecule has 0 spiro atoms. The largest absolute Gasteiger partial charge is 0.250 e. The van der Waals surface area contributed by atoms with Crippen molar-refractivity contribution in [2.75, 3.05) is 0 Å². The molecule has 1 fully saturated rings. The standard InChI is InChI=1S/C18H18N2S/c1-18(2)15(10-19)17(18)14-8-9-16(20-11-14)21-12-13-6-4-3-5-7-13/h3-9,11,15,17H,12H2,1-2H3. The summed E-state index contributed by atoms with van der Waals surface area (Å²) in [4.78, 5) is 4.54. The molecule has 1 aliphatic carbocycles. The first-order valence-electron chi connectivity index (χ1n) is 7.15. The van der Waals surface area contributed by atoms with Gasteiger partial charge in [-0.15, -0.1) is 11.8 Å². The molecule has 2 atom stereocenters. The van der Waals surface area contributed by atoms with E-state index in [1.807, 2.05) is 12.3 Å². The Labute approximate surface area is 130 Å². The molecule has 3 rings (SSSR count). The van der Waals surface area contributed by atoms with Crippen LogP contribution in [0.15, 0.2) is 53.7 Å². The van der Waals surface area contributed by atoms with E-state index in [4.69, 9.17) is 5.26 Å². The molecule has 1 aromatic heterocycles. The molecule has 1 aromatic carbocycles. The third-order valence-corrected chi connectivity index (χ3v) is 5.33.